The second-order valence-corrected chi connectivity index (χ2v) is 6.33. The van der Waals surface area contributed by atoms with Crippen molar-refractivity contribution in [1.29, 1.82) is 0 Å². The fourth-order valence-corrected chi connectivity index (χ4v) is 2.19. The lowest BCUT2D eigenvalue weighted by atomic mass is 10.0. The summed E-state index contributed by atoms with van der Waals surface area (Å²) in [7, 11) is 0. The molecule has 0 unspecified atom stereocenters. The van der Waals surface area contributed by atoms with E-state index in [4.69, 9.17) is 0 Å². The zero-order valence-electron chi connectivity index (χ0n) is 15.7. The van der Waals surface area contributed by atoms with Gasteiger partial charge >= 0.3 is 24.3 Å². The Hall–Kier alpha value is -3.04. The molecule has 0 aromatic heterocycles. The molecule has 2 atom stereocenters. The maximum Gasteiger partial charge on any atom is 0.425 e. The minimum absolute atomic E-state index is 0.0869. The molecule has 0 N–H and O–H groups in total. The second kappa shape index (κ2) is 8.76. The van der Waals surface area contributed by atoms with Crippen molar-refractivity contribution in [3.63, 3.8) is 0 Å². The SMILES string of the molecule is C[C@H](OC(=O)c1ccc(-c2ccc(C(=O)O[C@@H](C)C(F)(F)F)cc2)cc1)C(F)(F)F. The van der Waals surface area contributed by atoms with E-state index in [1.54, 1.807) is 0 Å². The maximum absolute atomic E-state index is 12.5. The monoisotopic (exact) mass is 434 g/mol. The summed E-state index contributed by atoms with van der Waals surface area (Å²) >= 11 is 0. The third kappa shape index (κ3) is 5.98. The van der Waals surface area contributed by atoms with E-state index in [1.165, 1.54) is 48.5 Å². The summed E-state index contributed by atoms with van der Waals surface area (Å²) in [5.41, 5.74) is 0.936. The van der Waals surface area contributed by atoms with Crippen LogP contribution in [0.15, 0.2) is 48.5 Å². The van der Waals surface area contributed by atoms with Gasteiger partial charge in [-0.3, -0.25) is 0 Å². The van der Waals surface area contributed by atoms with Crippen LogP contribution >= 0.6 is 0 Å². The number of esters is 2. The summed E-state index contributed by atoms with van der Waals surface area (Å²) in [6.07, 6.45) is -13.8. The van der Waals surface area contributed by atoms with Crippen LogP contribution in [0.2, 0.25) is 0 Å². The lowest BCUT2D eigenvalue weighted by molar-refractivity contribution is -0.198. The van der Waals surface area contributed by atoms with Crippen LogP contribution in [-0.2, 0) is 9.47 Å². The van der Waals surface area contributed by atoms with Crippen molar-refractivity contribution >= 4 is 11.9 Å². The number of carbonyl (C=O) groups excluding carboxylic acids is 2. The molecule has 0 saturated heterocycles. The number of benzene rings is 2. The molecule has 2 aromatic carbocycles. The highest BCUT2D eigenvalue weighted by Gasteiger charge is 2.40. The molecule has 0 spiro atoms. The number of hydrogen-bond donors (Lipinski definition) is 0. The summed E-state index contributed by atoms with van der Waals surface area (Å²) in [4.78, 5) is 23.5. The highest BCUT2D eigenvalue weighted by atomic mass is 19.4. The lowest BCUT2D eigenvalue weighted by Gasteiger charge is -2.16. The van der Waals surface area contributed by atoms with Crippen LogP contribution in [-0.4, -0.2) is 36.5 Å². The van der Waals surface area contributed by atoms with Crippen molar-refractivity contribution in [3.8, 4) is 11.1 Å². The quantitative estimate of drug-likeness (QED) is 0.456. The van der Waals surface area contributed by atoms with Crippen LogP contribution in [0.25, 0.3) is 11.1 Å². The van der Waals surface area contributed by atoms with Gasteiger partial charge in [0.1, 0.15) is 0 Å². The number of carbonyl (C=O) groups is 2. The molecule has 2 rings (SSSR count). The van der Waals surface area contributed by atoms with Gasteiger partial charge in [-0.1, -0.05) is 24.3 Å². The van der Waals surface area contributed by atoms with E-state index in [1.807, 2.05) is 0 Å². The van der Waals surface area contributed by atoms with Crippen molar-refractivity contribution in [2.75, 3.05) is 0 Å². The van der Waals surface area contributed by atoms with E-state index < -0.39 is 36.5 Å². The van der Waals surface area contributed by atoms with Crippen LogP contribution in [0.3, 0.4) is 0 Å². The zero-order valence-corrected chi connectivity index (χ0v) is 15.7. The molecule has 0 aliphatic rings. The van der Waals surface area contributed by atoms with Crippen LogP contribution < -0.4 is 0 Å². The number of alkyl halides is 6. The Morgan fingerprint density at radius 3 is 1.13 bits per heavy atom. The fourth-order valence-electron chi connectivity index (χ4n) is 2.19. The van der Waals surface area contributed by atoms with E-state index >= 15 is 0 Å². The average molecular weight is 434 g/mol. The average Bonchev–Trinajstić information content (AvgIpc) is 2.66. The first kappa shape index (κ1) is 23.2. The Morgan fingerprint density at radius 1 is 0.633 bits per heavy atom. The van der Waals surface area contributed by atoms with E-state index in [0.717, 1.165) is 0 Å². The van der Waals surface area contributed by atoms with E-state index in [2.05, 4.69) is 9.47 Å². The smallest absolute Gasteiger partial charge is 0.425 e. The summed E-state index contributed by atoms with van der Waals surface area (Å²) in [5.74, 6) is -2.27. The standard InChI is InChI=1S/C20H16F6O4/c1-11(19(21,22)23)29-17(27)15-7-3-13(4-8-15)14-5-9-16(10-6-14)18(28)30-12(2)20(24,25)26/h3-12H,1-2H3/t11-,12-/m0/s1. The lowest BCUT2D eigenvalue weighted by Crippen LogP contribution is -2.30. The molecule has 30 heavy (non-hydrogen) atoms. The molecule has 162 valence electrons. The Morgan fingerprint density at radius 2 is 0.900 bits per heavy atom. The molecule has 2 aromatic rings. The van der Waals surface area contributed by atoms with Gasteiger partial charge in [-0.15, -0.1) is 0 Å². The molecular weight excluding hydrogens is 418 g/mol. The normalized spacial score (nSPS) is 14.0. The van der Waals surface area contributed by atoms with Gasteiger partial charge in [0.25, 0.3) is 0 Å². The van der Waals surface area contributed by atoms with Gasteiger partial charge in [0.05, 0.1) is 11.1 Å². The minimum atomic E-state index is -4.67. The molecule has 4 nitrogen and oxygen atoms in total. The molecule has 0 aliphatic carbocycles. The zero-order chi connectivity index (χ0) is 22.7. The topological polar surface area (TPSA) is 52.6 Å². The Bertz CT molecular complexity index is 810. The number of rotatable bonds is 5. The molecule has 0 aliphatic heterocycles. The first-order valence-electron chi connectivity index (χ1n) is 8.55. The van der Waals surface area contributed by atoms with Gasteiger partial charge in [-0.05, 0) is 49.2 Å². The second-order valence-electron chi connectivity index (χ2n) is 6.33. The number of halogens is 6. The van der Waals surface area contributed by atoms with Crippen LogP contribution in [0.4, 0.5) is 26.3 Å². The molecule has 0 fully saturated rings. The predicted octanol–water partition coefficient (Wildman–Crippen LogP) is 5.57. The molecule has 0 amide bonds. The Balaban J connectivity index is 2.07. The van der Waals surface area contributed by atoms with Crippen molar-refractivity contribution < 1.29 is 45.4 Å². The fraction of sp³-hybridized carbons (Fsp3) is 0.300. The van der Waals surface area contributed by atoms with Gasteiger partial charge in [0, 0.05) is 0 Å². The summed E-state index contributed by atoms with van der Waals surface area (Å²) in [6.45, 7) is 1.43. The van der Waals surface area contributed by atoms with Crippen LogP contribution in [0.5, 0.6) is 0 Å². The van der Waals surface area contributed by atoms with Crippen LogP contribution in [0.1, 0.15) is 34.6 Å². The molecular formula is C20H16F6O4. The first-order chi connectivity index (χ1) is 13.8. The van der Waals surface area contributed by atoms with Crippen molar-refractivity contribution in [2.24, 2.45) is 0 Å². The highest BCUT2D eigenvalue weighted by Crippen LogP contribution is 2.26. The minimum Gasteiger partial charge on any atom is -0.449 e. The molecule has 0 radical (unpaired) electrons. The molecule has 10 heteroatoms. The summed E-state index contributed by atoms with van der Waals surface area (Å²) in [6, 6.07) is 10.9. The van der Waals surface area contributed by atoms with E-state index in [-0.39, 0.29) is 11.1 Å². The number of ether oxygens (including phenoxy) is 2. The summed E-state index contributed by atoms with van der Waals surface area (Å²) < 4.78 is 83.5. The largest absolute Gasteiger partial charge is 0.449 e. The molecule has 0 bridgehead atoms. The third-order valence-electron chi connectivity index (χ3n) is 4.06. The highest BCUT2D eigenvalue weighted by molar-refractivity contribution is 5.91. The van der Waals surface area contributed by atoms with Gasteiger partial charge in [0.2, 0.25) is 0 Å². The van der Waals surface area contributed by atoms with Crippen LogP contribution in [0, 0.1) is 0 Å². The van der Waals surface area contributed by atoms with Gasteiger partial charge in [-0.2, -0.15) is 26.3 Å². The van der Waals surface area contributed by atoms with Crippen molar-refractivity contribution in [3.05, 3.63) is 59.7 Å². The molecule has 0 heterocycles. The van der Waals surface area contributed by atoms with Gasteiger partial charge < -0.3 is 9.47 Å². The Kier molecular flexibility index (Phi) is 6.79. The van der Waals surface area contributed by atoms with Gasteiger partial charge in [-0.25, -0.2) is 9.59 Å². The van der Waals surface area contributed by atoms with E-state index in [0.29, 0.717) is 25.0 Å². The maximum atomic E-state index is 12.5. The van der Waals surface area contributed by atoms with Crippen molar-refractivity contribution in [1.82, 2.24) is 0 Å². The van der Waals surface area contributed by atoms with E-state index in [9.17, 15) is 35.9 Å². The van der Waals surface area contributed by atoms with Gasteiger partial charge in [0.15, 0.2) is 12.2 Å². The third-order valence-corrected chi connectivity index (χ3v) is 4.06. The number of hydrogen-bond acceptors (Lipinski definition) is 4. The van der Waals surface area contributed by atoms with Crippen molar-refractivity contribution in [2.45, 2.75) is 38.4 Å². The summed E-state index contributed by atoms with van der Waals surface area (Å²) in [5, 5.41) is 0. The molecule has 0 saturated carbocycles. The predicted molar refractivity (Wildman–Crippen MR) is 93.7 cm³/mol. The first-order valence-corrected chi connectivity index (χ1v) is 8.55. The Labute approximate surface area is 167 Å².